The average molecular weight is 211 g/mol. The van der Waals surface area contributed by atoms with Crippen LogP contribution in [0.5, 0.6) is 0 Å². The average Bonchev–Trinajstić information content (AvgIpc) is 2.25. The molecular formula is C9H9NO5. The number of esters is 1. The van der Waals surface area contributed by atoms with Crippen molar-refractivity contribution in [3.8, 4) is 0 Å². The van der Waals surface area contributed by atoms with Crippen LogP contribution in [-0.2, 0) is 9.57 Å². The van der Waals surface area contributed by atoms with E-state index < -0.39 is 11.1 Å². The third-order valence-corrected chi connectivity index (χ3v) is 1.52. The monoisotopic (exact) mass is 211 g/mol. The molecule has 0 radical (unpaired) electrons. The van der Waals surface area contributed by atoms with E-state index in [1.807, 2.05) is 0 Å². The van der Waals surface area contributed by atoms with E-state index >= 15 is 0 Å². The van der Waals surface area contributed by atoms with Gasteiger partial charge in [-0.3, -0.25) is 0 Å². The highest BCUT2D eigenvalue weighted by atomic mass is 17.0. The number of hydrogen-bond donors (Lipinski definition) is 0. The summed E-state index contributed by atoms with van der Waals surface area (Å²) in [6, 6.07) is 8.36. The van der Waals surface area contributed by atoms with Crippen LogP contribution in [0.25, 0.3) is 0 Å². The summed E-state index contributed by atoms with van der Waals surface area (Å²) in [5.41, 5.74) is 0.401. The number of nitrogens with zero attached hydrogens (tertiary/aromatic N) is 1. The van der Waals surface area contributed by atoms with Gasteiger partial charge in [0.05, 0.1) is 5.56 Å². The molecule has 0 N–H and O–H groups in total. The van der Waals surface area contributed by atoms with Crippen molar-refractivity contribution >= 4 is 5.97 Å². The van der Waals surface area contributed by atoms with Crippen molar-refractivity contribution in [2.75, 3.05) is 13.2 Å². The maximum atomic E-state index is 11.2. The van der Waals surface area contributed by atoms with E-state index in [2.05, 4.69) is 4.84 Å². The maximum absolute atomic E-state index is 11.2. The first kappa shape index (κ1) is 11.0. The molecule has 1 aromatic carbocycles. The Balaban J connectivity index is 2.28. The van der Waals surface area contributed by atoms with E-state index in [0.29, 0.717) is 5.56 Å². The van der Waals surface area contributed by atoms with Gasteiger partial charge in [-0.1, -0.05) is 18.2 Å². The van der Waals surface area contributed by atoms with Gasteiger partial charge in [-0.2, -0.15) is 0 Å². The van der Waals surface area contributed by atoms with Gasteiger partial charge in [-0.25, -0.2) is 4.79 Å². The maximum Gasteiger partial charge on any atom is 0.338 e. The van der Waals surface area contributed by atoms with E-state index in [0.717, 1.165) is 0 Å². The summed E-state index contributed by atoms with van der Waals surface area (Å²) in [7, 11) is 0. The van der Waals surface area contributed by atoms with Crippen molar-refractivity contribution in [2.24, 2.45) is 0 Å². The fourth-order valence-electron chi connectivity index (χ4n) is 0.904. The molecule has 0 aliphatic heterocycles. The topological polar surface area (TPSA) is 78.7 Å². The summed E-state index contributed by atoms with van der Waals surface area (Å²) < 4.78 is 4.71. The largest absolute Gasteiger partial charge is 0.460 e. The number of carbonyl (C=O) groups excluding carboxylic acids is 1. The fourth-order valence-corrected chi connectivity index (χ4v) is 0.904. The lowest BCUT2D eigenvalue weighted by molar-refractivity contribution is -0.757. The van der Waals surface area contributed by atoms with Gasteiger partial charge >= 0.3 is 5.97 Å². The second-order valence-electron chi connectivity index (χ2n) is 2.56. The van der Waals surface area contributed by atoms with E-state index in [1.54, 1.807) is 30.3 Å². The minimum atomic E-state index is -0.934. The summed E-state index contributed by atoms with van der Waals surface area (Å²) in [5.74, 6) is -0.525. The van der Waals surface area contributed by atoms with Crippen LogP contribution in [0.4, 0.5) is 0 Å². The second kappa shape index (κ2) is 5.58. The summed E-state index contributed by atoms with van der Waals surface area (Å²) in [4.78, 5) is 25.0. The van der Waals surface area contributed by atoms with Gasteiger partial charge in [-0.05, 0) is 12.1 Å². The molecule has 0 saturated carbocycles. The Kier molecular flexibility index (Phi) is 4.08. The van der Waals surface area contributed by atoms with Crippen LogP contribution < -0.4 is 0 Å². The van der Waals surface area contributed by atoms with Crippen molar-refractivity contribution < 1.29 is 19.5 Å². The smallest absolute Gasteiger partial charge is 0.338 e. The third kappa shape index (κ3) is 4.08. The molecule has 0 unspecified atom stereocenters. The van der Waals surface area contributed by atoms with Crippen molar-refractivity contribution in [3.05, 3.63) is 46.0 Å². The van der Waals surface area contributed by atoms with Gasteiger partial charge in [0.25, 0.3) is 5.09 Å². The molecule has 0 atom stereocenters. The number of carbonyl (C=O) groups is 1. The summed E-state index contributed by atoms with van der Waals surface area (Å²) in [6.07, 6.45) is 0. The van der Waals surface area contributed by atoms with Crippen molar-refractivity contribution in [1.29, 1.82) is 0 Å². The standard InChI is InChI=1S/C9H9NO5/c11-9(8-4-2-1-3-5-8)14-6-7-15-10(12)13/h1-5H,6-7H2. The Morgan fingerprint density at radius 2 is 1.93 bits per heavy atom. The predicted octanol–water partition coefficient (Wildman–Crippen LogP) is 1.05. The van der Waals surface area contributed by atoms with Gasteiger partial charge in [0.15, 0.2) is 0 Å². The Hall–Kier alpha value is -2.11. The molecule has 1 rings (SSSR count). The van der Waals surface area contributed by atoms with Gasteiger partial charge in [-0.15, -0.1) is 10.1 Å². The highest BCUT2D eigenvalue weighted by molar-refractivity contribution is 5.89. The van der Waals surface area contributed by atoms with Crippen LogP contribution in [0.15, 0.2) is 30.3 Å². The highest BCUT2D eigenvalue weighted by Gasteiger charge is 2.05. The first-order chi connectivity index (χ1) is 7.20. The molecule has 6 nitrogen and oxygen atoms in total. The van der Waals surface area contributed by atoms with Crippen molar-refractivity contribution in [2.45, 2.75) is 0 Å². The minimum Gasteiger partial charge on any atom is -0.460 e. The lowest BCUT2D eigenvalue weighted by Crippen LogP contribution is -2.12. The molecule has 15 heavy (non-hydrogen) atoms. The van der Waals surface area contributed by atoms with Crippen LogP contribution >= 0.6 is 0 Å². The molecule has 0 saturated heterocycles. The molecule has 1 aromatic rings. The Labute approximate surface area is 85.5 Å². The number of rotatable bonds is 5. The molecule has 0 aromatic heterocycles. The van der Waals surface area contributed by atoms with E-state index in [-0.39, 0.29) is 13.2 Å². The molecule has 0 heterocycles. The lowest BCUT2D eigenvalue weighted by atomic mass is 10.2. The lowest BCUT2D eigenvalue weighted by Gasteiger charge is -2.03. The highest BCUT2D eigenvalue weighted by Crippen LogP contribution is 2.00. The SMILES string of the molecule is O=C(OCCO[N+](=O)[O-])c1ccccc1. The molecule has 0 amide bonds. The molecule has 0 aliphatic carbocycles. The molecular weight excluding hydrogens is 202 g/mol. The fraction of sp³-hybridized carbons (Fsp3) is 0.222. The summed E-state index contributed by atoms with van der Waals surface area (Å²) in [6.45, 7) is -0.402. The van der Waals surface area contributed by atoms with Gasteiger partial charge in [0.2, 0.25) is 0 Å². The molecule has 6 heteroatoms. The Bertz CT molecular complexity index is 338. The van der Waals surface area contributed by atoms with Gasteiger partial charge in [0, 0.05) is 0 Å². The Morgan fingerprint density at radius 1 is 1.27 bits per heavy atom. The Morgan fingerprint density at radius 3 is 2.53 bits per heavy atom. The molecule has 0 bridgehead atoms. The number of hydrogen-bond acceptors (Lipinski definition) is 5. The van der Waals surface area contributed by atoms with E-state index in [4.69, 9.17) is 4.74 Å². The van der Waals surface area contributed by atoms with Gasteiger partial charge in [0.1, 0.15) is 13.2 Å². The third-order valence-electron chi connectivity index (χ3n) is 1.52. The minimum absolute atomic E-state index is 0.144. The first-order valence-corrected chi connectivity index (χ1v) is 4.19. The van der Waals surface area contributed by atoms with Crippen LogP contribution in [0.1, 0.15) is 10.4 Å². The van der Waals surface area contributed by atoms with Crippen molar-refractivity contribution in [3.63, 3.8) is 0 Å². The van der Waals surface area contributed by atoms with Crippen LogP contribution in [0.3, 0.4) is 0 Å². The number of benzene rings is 1. The molecule has 0 spiro atoms. The summed E-state index contributed by atoms with van der Waals surface area (Å²) in [5, 5.41) is 8.82. The van der Waals surface area contributed by atoms with Crippen molar-refractivity contribution in [1.82, 2.24) is 0 Å². The molecule has 0 fully saturated rings. The molecule has 80 valence electrons. The zero-order valence-corrected chi connectivity index (χ0v) is 7.79. The van der Waals surface area contributed by atoms with Crippen LogP contribution in [0.2, 0.25) is 0 Å². The van der Waals surface area contributed by atoms with Crippen LogP contribution in [0, 0.1) is 10.1 Å². The quantitative estimate of drug-likeness (QED) is 0.315. The van der Waals surface area contributed by atoms with Gasteiger partial charge < -0.3 is 9.57 Å². The predicted molar refractivity (Wildman–Crippen MR) is 49.7 cm³/mol. The van der Waals surface area contributed by atoms with E-state index in [1.165, 1.54) is 0 Å². The van der Waals surface area contributed by atoms with E-state index in [9.17, 15) is 14.9 Å². The molecule has 0 aliphatic rings. The number of ether oxygens (including phenoxy) is 1. The first-order valence-electron chi connectivity index (χ1n) is 4.19. The summed E-state index contributed by atoms with van der Waals surface area (Å²) >= 11 is 0. The van der Waals surface area contributed by atoms with Crippen LogP contribution in [-0.4, -0.2) is 24.3 Å². The zero-order valence-electron chi connectivity index (χ0n) is 7.79. The normalized spacial score (nSPS) is 9.33. The second-order valence-corrected chi connectivity index (χ2v) is 2.56. The zero-order chi connectivity index (χ0) is 11.1.